The Labute approximate surface area is 103 Å². The fourth-order valence-corrected chi connectivity index (χ4v) is 2.70. The lowest BCUT2D eigenvalue weighted by molar-refractivity contribution is 0.398. The fraction of sp³-hybridized carbons (Fsp3) is 0.500. The molecule has 0 saturated carbocycles. The molecule has 1 unspecified atom stereocenters. The first kappa shape index (κ1) is 11.9. The molecule has 0 amide bonds. The lowest BCUT2D eigenvalue weighted by Gasteiger charge is -2.15. The minimum Gasteiger partial charge on any atom is -0.495 e. The van der Waals surface area contributed by atoms with Gasteiger partial charge in [0.05, 0.1) is 11.6 Å². The van der Waals surface area contributed by atoms with Gasteiger partial charge in [0, 0.05) is 11.6 Å². The molecule has 1 fully saturated rings. The maximum absolute atomic E-state index is 13.7. The smallest absolute Gasteiger partial charge is 0.139 e. The van der Waals surface area contributed by atoms with E-state index in [9.17, 15) is 4.39 Å². The van der Waals surface area contributed by atoms with E-state index in [1.54, 1.807) is 13.2 Å². The van der Waals surface area contributed by atoms with Crippen LogP contribution in [0.15, 0.2) is 16.6 Å². The molecule has 0 radical (unpaired) electrons. The molecule has 0 bridgehead atoms. The molecule has 1 saturated heterocycles. The van der Waals surface area contributed by atoms with E-state index in [0.717, 1.165) is 17.4 Å². The number of ether oxygens (including phenoxy) is 1. The lowest BCUT2D eigenvalue weighted by Crippen LogP contribution is -2.24. The average Bonchev–Trinajstić information content (AvgIpc) is 2.77. The van der Waals surface area contributed by atoms with Gasteiger partial charge < -0.3 is 10.1 Å². The third-order valence-corrected chi connectivity index (χ3v) is 3.60. The van der Waals surface area contributed by atoms with Crippen LogP contribution in [0.4, 0.5) is 4.39 Å². The number of rotatable bonds is 3. The Balaban J connectivity index is 2.26. The summed E-state index contributed by atoms with van der Waals surface area (Å²) in [7, 11) is 1.57. The molecule has 16 heavy (non-hydrogen) atoms. The molecule has 4 heteroatoms. The molecule has 88 valence electrons. The fourth-order valence-electron chi connectivity index (χ4n) is 2.16. The van der Waals surface area contributed by atoms with E-state index in [0.29, 0.717) is 23.8 Å². The van der Waals surface area contributed by atoms with Gasteiger partial charge in [-0.15, -0.1) is 0 Å². The molecule has 1 atom stereocenters. The first-order chi connectivity index (χ1) is 7.72. The van der Waals surface area contributed by atoms with Gasteiger partial charge in [0.2, 0.25) is 0 Å². The molecular weight excluding hydrogens is 273 g/mol. The molecule has 1 heterocycles. The Kier molecular flexibility index (Phi) is 3.82. The zero-order valence-corrected chi connectivity index (χ0v) is 10.8. The summed E-state index contributed by atoms with van der Waals surface area (Å²) in [5.41, 5.74) is 0.663. The maximum atomic E-state index is 13.7. The highest BCUT2D eigenvalue weighted by molar-refractivity contribution is 9.10. The molecular formula is C12H15BrFNO. The van der Waals surface area contributed by atoms with Crippen molar-refractivity contribution in [3.63, 3.8) is 0 Å². The highest BCUT2D eigenvalue weighted by Crippen LogP contribution is 2.32. The van der Waals surface area contributed by atoms with Gasteiger partial charge in [0.15, 0.2) is 0 Å². The quantitative estimate of drug-likeness (QED) is 0.923. The zero-order valence-electron chi connectivity index (χ0n) is 9.22. The zero-order chi connectivity index (χ0) is 11.5. The standard InChI is InChI=1S/C12H15BrFNO/c1-16-12-9(7-8-3-2-6-15-8)11(14)5-4-10(12)13/h4-5,8,15H,2-3,6-7H2,1H3. The highest BCUT2D eigenvalue weighted by atomic mass is 79.9. The molecule has 1 aliphatic heterocycles. The number of hydrogen-bond acceptors (Lipinski definition) is 2. The monoisotopic (exact) mass is 287 g/mol. The van der Waals surface area contributed by atoms with E-state index in [-0.39, 0.29) is 5.82 Å². The Morgan fingerprint density at radius 2 is 2.38 bits per heavy atom. The molecule has 2 nitrogen and oxygen atoms in total. The summed E-state index contributed by atoms with van der Waals surface area (Å²) in [6, 6.07) is 3.54. The van der Waals surface area contributed by atoms with Gasteiger partial charge in [-0.05, 0) is 53.9 Å². The van der Waals surface area contributed by atoms with E-state index in [4.69, 9.17) is 4.74 Å². The molecule has 0 aromatic heterocycles. The van der Waals surface area contributed by atoms with Crippen molar-refractivity contribution in [1.29, 1.82) is 0 Å². The molecule has 0 aliphatic carbocycles. The molecule has 2 rings (SSSR count). The van der Waals surface area contributed by atoms with E-state index in [1.165, 1.54) is 12.5 Å². The predicted molar refractivity (Wildman–Crippen MR) is 65.4 cm³/mol. The van der Waals surface area contributed by atoms with E-state index >= 15 is 0 Å². The summed E-state index contributed by atoms with van der Waals surface area (Å²) in [4.78, 5) is 0. The maximum Gasteiger partial charge on any atom is 0.139 e. The summed E-state index contributed by atoms with van der Waals surface area (Å²) in [6.45, 7) is 1.03. The van der Waals surface area contributed by atoms with Crippen molar-refractivity contribution in [1.82, 2.24) is 5.32 Å². The van der Waals surface area contributed by atoms with Gasteiger partial charge in [-0.1, -0.05) is 0 Å². The van der Waals surface area contributed by atoms with Crippen LogP contribution in [0.5, 0.6) is 5.75 Å². The van der Waals surface area contributed by atoms with Crippen LogP contribution in [0.25, 0.3) is 0 Å². The van der Waals surface area contributed by atoms with Crippen LogP contribution in [0.1, 0.15) is 18.4 Å². The van der Waals surface area contributed by atoms with Crippen molar-refractivity contribution in [2.75, 3.05) is 13.7 Å². The van der Waals surface area contributed by atoms with E-state index in [1.807, 2.05) is 0 Å². The first-order valence-electron chi connectivity index (χ1n) is 5.46. The Bertz CT molecular complexity index is 378. The topological polar surface area (TPSA) is 21.3 Å². The normalized spacial score (nSPS) is 20.1. The summed E-state index contributed by atoms with van der Waals surface area (Å²) in [5, 5.41) is 3.37. The van der Waals surface area contributed by atoms with Gasteiger partial charge in [-0.2, -0.15) is 0 Å². The Morgan fingerprint density at radius 3 is 3.00 bits per heavy atom. The van der Waals surface area contributed by atoms with Crippen LogP contribution in [0.3, 0.4) is 0 Å². The van der Waals surface area contributed by atoms with Crippen LogP contribution >= 0.6 is 15.9 Å². The second kappa shape index (κ2) is 5.15. The molecule has 0 spiro atoms. The number of hydrogen-bond donors (Lipinski definition) is 1. The van der Waals surface area contributed by atoms with E-state index in [2.05, 4.69) is 21.2 Å². The van der Waals surface area contributed by atoms with Crippen LogP contribution < -0.4 is 10.1 Å². The van der Waals surface area contributed by atoms with Crippen LogP contribution in [0, 0.1) is 5.82 Å². The molecule has 1 aromatic rings. The lowest BCUT2D eigenvalue weighted by atomic mass is 10.0. The highest BCUT2D eigenvalue weighted by Gasteiger charge is 2.20. The SMILES string of the molecule is COc1c(Br)ccc(F)c1CC1CCCN1. The van der Waals surface area contributed by atoms with Crippen LogP contribution in [-0.2, 0) is 6.42 Å². The molecule has 1 aliphatic rings. The van der Waals surface area contributed by atoms with Gasteiger partial charge >= 0.3 is 0 Å². The van der Waals surface area contributed by atoms with Gasteiger partial charge in [-0.25, -0.2) is 4.39 Å². The molecule has 1 aromatic carbocycles. The summed E-state index contributed by atoms with van der Waals surface area (Å²) in [5.74, 6) is 0.433. The van der Waals surface area contributed by atoms with Gasteiger partial charge in [0.25, 0.3) is 0 Å². The van der Waals surface area contributed by atoms with Gasteiger partial charge in [0.1, 0.15) is 11.6 Å². The summed E-state index contributed by atoms with van der Waals surface area (Å²) >= 11 is 3.38. The average molecular weight is 288 g/mol. The van der Waals surface area contributed by atoms with Crippen LogP contribution in [0.2, 0.25) is 0 Å². The van der Waals surface area contributed by atoms with Gasteiger partial charge in [-0.3, -0.25) is 0 Å². The number of benzene rings is 1. The van der Waals surface area contributed by atoms with E-state index < -0.39 is 0 Å². The number of methoxy groups -OCH3 is 1. The van der Waals surface area contributed by atoms with Crippen molar-refractivity contribution in [3.05, 3.63) is 28.0 Å². The minimum absolute atomic E-state index is 0.186. The Hall–Kier alpha value is -0.610. The minimum atomic E-state index is -0.186. The second-order valence-electron chi connectivity index (χ2n) is 4.04. The number of halogens is 2. The Morgan fingerprint density at radius 1 is 1.56 bits per heavy atom. The van der Waals surface area contributed by atoms with Crippen molar-refractivity contribution in [2.24, 2.45) is 0 Å². The third kappa shape index (κ3) is 2.38. The van der Waals surface area contributed by atoms with Crippen molar-refractivity contribution < 1.29 is 9.13 Å². The largest absolute Gasteiger partial charge is 0.495 e. The van der Waals surface area contributed by atoms with Crippen molar-refractivity contribution in [3.8, 4) is 5.75 Å². The summed E-state index contributed by atoms with van der Waals surface area (Å²) < 4.78 is 19.8. The predicted octanol–water partition coefficient (Wildman–Crippen LogP) is 2.89. The molecule has 1 N–H and O–H groups in total. The van der Waals surface area contributed by atoms with Crippen molar-refractivity contribution in [2.45, 2.75) is 25.3 Å². The van der Waals surface area contributed by atoms with Crippen molar-refractivity contribution >= 4 is 15.9 Å². The summed E-state index contributed by atoms with van der Waals surface area (Å²) in [6.07, 6.45) is 2.96. The first-order valence-corrected chi connectivity index (χ1v) is 6.26. The second-order valence-corrected chi connectivity index (χ2v) is 4.89. The third-order valence-electron chi connectivity index (χ3n) is 2.97. The number of nitrogens with one attached hydrogen (secondary N) is 1. The van der Waals surface area contributed by atoms with Crippen LogP contribution in [-0.4, -0.2) is 19.7 Å².